The van der Waals surface area contributed by atoms with Gasteiger partial charge in [-0.25, -0.2) is 0 Å². The summed E-state index contributed by atoms with van der Waals surface area (Å²) in [4.78, 5) is 11.8. The number of rotatable bonds is 5. The average Bonchev–Trinajstić information content (AvgIpc) is 2.96. The van der Waals surface area contributed by atoms with E-state index < -0.39 is 0 Å². The van der Waals surface area contributed by atoms with E-state index in [1.165, 1.54) is 6.20 Å². The molecule has 0 aliphatic carbocycles. The minimum Gasteiger partial charge on any atom is -0.371 e. The summed E-state index contributed by atoms with van der Waals surface area (Å²) >= 11 is 0. The lowest BCUT2D eigenvalue weighted by Gasteiger charge is -2.19. The van der Waals surface area contributed by atoms with Gasteiger partial charge in [0.25, 0.3) is 5.91 Å². The van der Waals surface area contributed by atoms with Crippen molar-refractivity contribution in [3.63, 3.8) is 0 Å². The lowest BCUT2D eigenvalue weighted by Crippen LogP contribution is -2.22. The molecule has 2 rings (SSSR count). The normalized spacial score (nSPS) is 11.4. The van der Waals surface area contributed by atoms with Gasteiger partial charge in [-0.05, 0) is 31.9 Å². The third-order valence-electron chi connectivity index (χ3n) is 2.88. The van der Waals surface area contributed by atoms with E-state index in [4.69, 9.17) is 4.74 Å². The van der Waals surface area contributed by atoms with Gasteiger partial charge >= 0.3 is 0 Å². The lowest BCUT2D eigenvalue weighted by molar-refractivity contribution is -0.0149. The molecule has 0 radical (unpaired) electrons. The molecule has 1 heterocycles. The first-order valence-corrected chi connectivity index (χ1v) is 6.93. The third-order valence-corrected chi connectivity index (χ3v) is 2.88. The van der Waals surface area contributed by atoms with Crippen molar-refractivity contribution in [1.29, 1.82) is 0 Å². The van der Waals surface area contributed by atoms with Crippen molar-refractivity contribution in [2.45, 2.75) is 39.5 Å². The van der Waals surface area contributed by atoms with E-state index in [2.05, 4.69) is 15.5 Å². The minimum atomic E-state index is -0.161. The number of nitrogens with one attached hydrogen (secondary N) is 2. The molecule has 21 heavy (non-hydrogen) atoms. The molecule has 0 aliphatic heterocycles. The number of aromatic amines is 1. The monoisotopic (exact) mass is 287 g/mol. The van der Waals surface area contributed by atoms with Gasteiger partial charge in [0.15, 0.2) is 0 Å². The highest BCUT2D eigenvalue weighted by Crippen LogP contribution is 2.13. The maximum atomic E-state index is 11.8. The highest BCUT2D eigenvalue weighted by atomic mass is 16.5. The highest BCUT2D eigenvalue weighted by Gasteiger charge is 2.10. The summed E-state index contributed by atoms with van der Waals surface area (Å²) in [5.41, 5.74) is 2.51. The zero-order valence-corrected chi connectivity index (χ0v) is 12.6. The van der Waals surface area contributed by atoms with Gasteiger partial charge in [0.05, 0.1) is 24.0 Å². The molecule has 2 N–H and O–H groups in total. The van der Waals surface area contributed by atoms with Crippen molar-refractivity contribution in [2.75, 3.05) is 0 Å². The quantitative estimate of drug-likeness (QED) is 0.888. The van der Waals surface area contributed by atoms with Gasteiger partial charge in [-0.15, -0.1) is 0 Å². The van der Waals surface area contributed by atoms with E-state index in [1.54, 1.807) is 6.20 Å². The van der Waals surface area contributed by atoms with E-state index in [0.717, 1.165) is 11.1 Å². The minimum absolute atomic E-state index is 0.139. The summed E-state index contributed by atoms with van der Waals surface area (Å²) in [6, 6.07) is 8.02. The van der Waals surface area contributed by atoms with Crippen molar-refractivity contribution < 1.29 is 9.53 Å². The van der Waals surface area contributed by atoms with Gasteiger partial charge < -0.3 is 10.1 Å². The molecule has 0 fully saturated rings. The maximum absolute atomic E-state index is 11.8. The number of hydrogen-bond acceptors (Lipinski definition) is 3. The van der Waals surface area contributed by atoms with Crippen LogP contribution >= 0.6 is 0 Å². The summed E-state index contributed by atoms with van der Waals surface area (Å²) in [6.07, 6.45) is 3.08. The van der Waals surface area contributed by atoms with Crippen LogP contribution in [0.15, 0.2) is 36.7 Å². The van der Waals surface area contributed by atoms with Crippen molar-refractivity contribution >= 4 is 5.91 Å². The Morgan fingerprint density at radius 2 is 2.10 bits per heavy atom. The molecule has 0 spiro atoms. The molecule has 5 heteroatoms. The summed E-state index contributed by atoms with van der Waals surface area (Å²) < 4.78 is 5.76. The van der Waals surface area contributed by atoms with Crippen LogP contribution in [0.4, 0.5) is 0 Å². The number of hydrogen-bond donors (Lipinski definition) is 2. The number of amides is 1. The van der Waals surface area contributed by atoms with Crippen LogP contribution in [0.5, 0.6) is 0 Å². The molecular weight excluding hydrogens is 266 g/mol. The predicted octanol–water partition coefficient (Wildman–Crippen LogP) is 2.65. The zero-order valence-electron chi connectivity index (χ0n) is 12.6. The van der Waals surface area contributed by atoms with Crippen molar-refractivity contribution in [1.82, 2.24) is 15.5 Å². The molecule has 1 amide bonds. The van der Waals surface area contributed by atoms with Crippen LogP contribution in [0.1, 0.15) is 42.3 Å². The molecular formula is C16H21N3O2. The van der Waals surface area contributed by atoms with Gasteiger partial charge in [-0.2, -0.15) is 5.10 Å². The molecule has 0 atom stereocenters. The molecule has 0 unspecified atom stereocenters. The summed E-state index contributed by atoms with van der Waals surface area (Å²) in [6.45, 7) is 7.13. The van der Waals surface area contributed by atoms with Crippen LogP contribution in [0.3, 0.4) is 0 Å². The molecule has 0 bridgehead atoms. The van der Waals surface area contributed by atoms with Crippen molar-refractivity contribution in [3.05, 3.63) is 53.3 Å². The Hall–Kier alpha value is -2.14. The van der Waals surface area contributed by atoms with Crippen LogP contribution in [0, 0.1) is 0 Å². The fraction of sp³-hybridized carbons (Fsp3) is 0.375. The van der Waals surface area contributed by atoms with Gasteiger partial charge in [0.2, 0.25) is 0 Å². The molecule has 1 aromatic carbocycles. The molecule has 2 aromatic rings. The maximum Gasteiger partial charge on any atom is 0.254 e. The van der Waals surface area contributed by atoms with Gasteiger partial charge in [0, 0.05) is 12.7 Å². The predicted molar refractivity (Wildman–Crippen MR) is 80.7 cm³/mol. The first-order chi connectivity index (χ1) is 9.94. The Kier molecular flexibility index (Phi) is 4.75. The standard InChI is InChI=1S/C16H21N3O2/c1-16(2,3)21-11-13-6-4-5-12(7-13)8-17-15(20)14-9-18-19-10-14/h4-7,9-10H,8,11H2,1-3H3,(H,17,20)(H,18,19). The topological polar surface area (TPSA) is 67.0 Å². The first kappa shape index (κ1) is 15.3. The second kappa shape index (κ2) is 6.54. The van der Waals surface area contributed by atoms with Crippen LogP contribution in [-0.2, 0) is 17.9 Å². The lowest BCUT2D eigenvalue weighted by atomic mass is 10.1. The van der Waals surface area contributed by atoms with Crippen LogP contribution in [0.25, 0.3) is 0 Å². The van der Waals surface area contributed by atoms with Crippen molar-refractivity contribution in [2.24, 2.45) is 0 Å². The number of ether oxygens (including phenoxy) is 1. The van der Waals surface area contributed by atoms with E-state index >= 15 is 0 Å². The zero-order chi connectivity index (χ0) is 15.3. The Bertz CT molecular complexity index is 586. The fourth-order valence-corrected chi connectivity index (χ4v) is 1.79. The molecule has 0 aliphatic rings. The second-order valence-electron chi connectivity index (χ2n) is 5.89. The highest BCUT2D eigenvalue weighted by molar-refractivity contribution is 5.93. The molecule has 5 nitrogen and oxygen atoms in total. The Morgan fingerprint density at radius 3 is 2.76 bits per heavy atom. The largest absolute Gasteiger partial charge is 0.371 e. The number of carbonyl (C=O) groups excluding carboxylic acids is 1. The van der Waals surface area contributed by atoms with E-state index in [-0.39, 0.29) is 11.5 Å². The van der Waals surface area contributed by atoms with Gasteiger partial charge in [0.1, 0.15) is 0 Å². The Balaban J connectivity index is 1.90. The number of benzene rings is 1. The summed E-state index contributed by atoms with van der Waals surface area (Å²) in [5.74, 6) is -0.139. The number of carbonyl (C=O) groups is 1. The Labute approximate surface area is 124 Å². The second-order valence-corrected chi connectivity index (χ2v) is 5.89. The SMILES string of the molecule is CC(C)(C)OCc1cccc(CNC(=O)c2cn[nH]c2)c1. The smallest absolute Gasteiger partial charge is 0.254 e. The summed E-state index contributed by atoms with van der Waals surface area (Å²) in [5, 5.41) is 9.24. The Morgan fingerprint density at radius 1 is 1.33 bits per heavy atom. The van der Waals surface area contributed by atoms with E-state index in [9.17, 15) is 4.79 Å². The van der Waals surface area contributed by atoms with Crippen molar-refractivity contribution in [3.8, 4) is 0 Å². The van der Waals surface area contributed by atoms with E-state index in [1.807, 2.05) is 45.0 Å². The van der Waals surface area contributed by atoms with E-state index in [0.29, 0.717) is 18.7 Å². The number of aromatic nitrogens is 2. The molecule has 0 saturated heterocycles. The van der Waals surface area contributed by atoms with Gasteiger partial charge in [-0.3, -0.25) is 9.89 Å². The number of nitrogens with zero attached hydrogens (tertiary/aromatic N) is 1. The summed E-state index contributed by atoms with van der Waals surface area (Å²) in [7, 11) is 0. The molecule has 0 saturated carbocycles. The molecule has 112 valence electrons. The van der Waals surface area contributed by atoms with Gasteiger partial charge in [-0.1, -0.05) is 24.3 Å². The van der Waals surface area contributed by atoms with Crippen LogP contribution < -0.4 is 5.32 Å². The first-order valence-electron chi connectivity index (χ1n) is 6.93. The number of H-pyrrole nitrogens is 1. The fourth-order valence-electron chi connectivity index (χ4n) is 1.79. The van der Waals surface area contributed by atoms with Crippen LogP contribution in [0.2, 0.25) is 0 Å². The van der Waals surface area contributed by atoms with Crippen LogP contribution in [-0.4, -0.2) is 21.7 Å². The molecule has 1 aromatic heterocycles. The average molecular weight is 287 g/mol. The third kappa shape index (κ3) is 5.04.